The van der Waals surface area contributed by atoms with Crippen molar-refractivity contribution in [2.24, 2.45) is 0 Å². The molecular formula is C24H26N4O4S. The van der Waals surface area contributed by atoms with Gasteiger partial charge in [-0.15, -0.1) is 11.3 Å². The molecule has 0 saturated heterocycles. The second kappa shape index (κ2) is 11.3. The highest BCUT2D eigenvalue weighted by Gasteiger charge is 2.23. The van der Waals surface area contributed by atoms with Gasteiger partial charge in [-0.1, -0.05) is 36.4 Å². The van der Waals surface area contributed by atoms with Crippen molar-refractivity contribution in [1.29, 1.82) is 0 Å². The zero-order chi connectivity index (χ0) is 23.8. The first-order valence-electron chi connectivity index (χ1n) is 10.4. The SMILES string of the molecule is CCOC(=O)c1c(-c2ccccc2)csc1NC(=O)CN(C)CC(=O)Nc1cccc(C)n1. The molecule has 0 fully saturated rings. The third kappa shape index (κ3) is 6.71. The molecule has 2 aromatic heterocycles. The Balaban J connectivity index is 1.65. The predicted molar refractivity (Wildman–Crippen MR) is 129 cm³/mol. The number of pyridine rings is 1. The molecule has 0 aliphatic rings. The summed E-state index contributed by atoms with van der Waals surface area (Å²) in [6.07, 6.45) is 0. The van der Waals surface area contributed by atoms with Crippen molar-refractivity contribution in [3.8, 4) is 11.1 Å². The zero-order valence-corrected chi connectivity index (χ0v) is 19.6. The summed E-state index contributed by atoms with van der Waals surface area (Å²) < 4.78 is 5.22. The minimum atomic E-state index is -0.494. The van der Waals surface area contributed by atoms with Crippen LogP contribution in [0, 0.1) is 6.92 Å². The highest BCUT2D eigenvalue weighted by atomic mass is 32.1. The summed E-state index contributed by atoms with van der Waals surface area (Å²) in [5.74, 6) is -0.653. The van der Waals surface area contributed by atoms with Gasteiger partial charge in [0.1, 0.15) is 16.4 Å². The fourth-order valence-electron chi connectivity index (χ4n) is 3.19. The van der Waals surface area contributed by atoms with E-state index in [2.05, 4.69) is 15.6 Å². The molecule has 33 heavy (non-hydrogen) atoms. The zero-order valence-electron chi connectivity index (χ0n) is 18.8. The van der Waals surface area contributed by atoms with Crippen molar-refractivity contribution in [2.45, 2.75) is 13.8 Å². The second-order valence-electron chi connectivity index (χ2n) is 7.37. The molecule has 0 radical (unpaired) electrons. The molecule has 0 aliphatic carbocycles. The number of ether oxygens (including phenoxy) is 1. The summed E-state index contributed by atoms with van der Waals surface area (Å²) in [7, 11) is 1.67. The van der Waals surface area contributed by atoms with E-state index in [9.17, 15) is 14.4 Å². The molecule has 0 spiro atoms. The number of nitrogens with one attached hydrogen (secondary N) is 2. The third-order valence-corrected chi connectivity index (χ3v) is 5.49. The summed E-state index contributed by atoms with van der Waals surface area (Å²) in [5, 5.41) is 7.75. The number of amides is 2. The molecule has 3 rings (SSSR count). The van der Waals surface area contributed by atoms with E-state index in [1.165, 1.54) is 11.3 Å². The van der Waals surface area contributed by atoms with Crippen LogP contribution in [0.2, 0.25) is 0 Å². The first-order chi connectivity index (χ1) is 15.9. The van der Waals surface area contributed by atoms with Crippen LogP contribution in [0.5, 0.6) is 0 Å². The van der Waals surface area contributed by atoms with Crippen molar-refractivity contribution in [3.63, 3.8) is 0 Å². The van der Waals surface area contributed by atoms with E-state index in [0.29, 0.717) is 21.9 Å². The van der Waals surface area contributed by atoms with Crippen molar-refractivity contribution < 1.29 is 19.1 Å². The normalized spacial score (nSPS) is 10.7. The number of thiophene rings is 1. The van der Waals surface area contributed by atoms with Gasteiger partial charge >= 0.3 is 5.97 Å². The van der Waals surface area contributed by atoms with E-state index in [1.54, 1.807) is 31.0 Å². The first kappa shape index (κ1) is 24.1. The van der Waals surface area contributed by atoms with Gasteiger partial charge in [0.2, 0.25) is 11.8 Å². The Kier molecular flexibility index (Phi) is 8.28. The minimum absolute atomic E-state index is 0.00742. The van der Waals surface area contributed by atoms with Gasteiger partial charge in [0, 0.05) is 16.6 Å². The monoisotopic (exact) mass is 466 g/mol. The Labute approximate surface area is 196 Å². The van der Waals surface area contributed by atoms with Gasteiger partial charge in [-0.2, -0.15) is 0 Å². The number of esters is 1. The Bertz CT molecular complexity index is 1130. The quantitative estimate of drug-likeness (QED) is 0.465. The molecule has 3 aromatic rings. The van der Waals surface area contributed by atoms with Gasteiger partial charge in [0.15, 0.2) is 0 Å². The highest BCUT2D eigenvalue weighted by molar-refractivity contribution is 7.15. The van der Waals surface area contributed by atoms with E-state index < -0.39 is 5.97 Å². The summed E-state index contributed by atoms with van der Waals surface area (Å²) in [5.41, 5.74) is 2.68. The van der Waals surface area contributed by atoms with Gasteiger partial charge in [-0.3, -0.25) is 14.5 Å². The van der Waals surface area contributed by atoms with Crippen LogP contribution in [0.25, 0.3) is 11.1 Å². The van der Waals surface area contributed by atoms with E-state index in [0.717, 1.165) is 11.3 Å². The Morgan fingerprint density at radius 1 is 1.00 bits per heavy atom. The maximum Gasteiger partial charge on any atom is 0.341 e. The number of likely N-dealkylation sites (N-methyl/N-ethyl adjacent to an activating group) is 1. The number of carbonyl (C=O) groups is 3. The summed E-state index contributed by atoms with van der Waals surface area (Å²) in [4.78, 5) is 43.4. The predicted octanol–water partition coefficient (Wildman–Crippen LogP) is 3.80. The Hall–Kier alpha value is -3.56. The largest absolute Gasteiger partial charge is 0.462 e. The lowest BCUT2D eigenvalue weighted by molar-refractivity contribution is -0.119. The van der Waals surface area contributed by atoms with Crippen LogP contribution in [0.3, 0.4) is 0 Å². The topological polar surface area (TPSA) is 101 Å². The van der Waals surface area contributed by atoms with Crippen LogP contribution in [0.1, 0.15) is 23.0 Å². The van der Waals surface area contributed by atoms with Gasteiger partial charge in [0.25, 0.3) is 0 Å². The molecule has 0 unspecified atom stereocenters. The van der Waals surface area contributed by atoms with Crippen LogP contribution in [-0.4, -0.2) is 54.4 Å². The number of aryl methyl sites for hydroxylation is 1. The van der Waals surface area contributed by atoms with Gasteiger partial charge in [0.05, 0.1) is 19.7 Å². The molecule has 0 atom stereocenters. The van der Waals surface area contributed by atoms with Gasteiger partial charge in [-0.25, -0.2) is 9.78 Å². The maximum atomic E-state index is 12.6. The Morgan fingerprint density at radius 3 is 2.36 bits per heavy atom. The van der Waals surface area contributed by atoms with Gasteiger partial charge in [-0.05, 0) is 38.6 Å². The van der Waals surface area contributed by atoms with E-state index in [-0.39, 0.29) is 31.5 Å². The van der Waals surface area contributed by atoms with E-state index >= 15 is 0 Å². The molecule has 0 bridgehead atoms. The van der Waals surface area contributed by atoms with Crippen LogP contribution in [0.15, 0.2) is 53.9 Å². The number of carbonyl (C=O) groups excluding carboxylic acids is 3. The molecule has 9 heteroatoms. The molecular weight excluding hydrogens is 440 g/mol. The summed E-state index contributed by atoms with van der Waals surface area (Å²) in [6, 6.07) is 14.8. The molecule has 172 valence electrons. The highest BCUT2D eigenvalue weighted by Crippen LogP contribution is 2.36. The van der Waals surface area contributed by atoms with Crippen molar-refractivity contribution >= 4 is 39.9 Å². The lowest BCUT2D eigenvalue weighted by Gasteiger charge is -2.16. The first-order valence-corrected chi connectivity index (χ1v) is 11.3. The number of benzene rings is 1. The lowest BCUT2D eigenvalue weighted by atomic mass is 10.0. The molecule has 2 N–H and O–H groups in total. The van der Waals surface area contributed by atoms with E-state index in [4.69, 9.17) is 4.74 Å². The number of aromatic nitrogens is 1. The van der Waals surface area contributed by atoms with Crippen LogP contribution < -0.4 is 10.6 Å². The van der Waals surface area contributed by atoms with Crippen molar-refractivity contribution in [2.75, 3.05) is 37.4 Å². The van der Waals surface area contributed by atoms with Crippen LogP contribution in [-0.2, 0) is 14.3 Å². The van der Waals surface area contributed by atoms with Crippen molar-refractivity contribution in [3.05, 3.63) is 65.2 Å². The average Bonchev–Trinajstić information content (AvgIpc) is 3.17. The lowest BCUT2D eigenvalue weighted by Crippen LogP contribution is -2.36. The van der Waals surface area contributed by atoms with Crippen molar-refractivity contribution in [1.82, 2.24) is 9.88 Å². The fraction of sp³-hybridized carbons (Fsp3) is 0.250. The molecule has 0 saturated carbocycles. The number of rotatable bonds is 9. The Morgan fingerprint density at radius 2 is 1.70 bits per heavy atom. The fourth-order valence-corrected chi connectivity index (χ4v) is 4.17. The minimum Gasteiger partial charge on any atom is -0.462 e. The van der Waals surface area contributed by atoms with E-state index in [1.807, 2.05) is 48.7 Å². The maximum absolute atomic E-state index is 12.6. The molecule has 0 aliphatic heterocycles. The average molecular weight is 467 g/mol. The molecule has 2 heterocycles. The second-order valence-corrected chi connectivity index (χ2v) is 8.25. The molecule has 8 nitrogen and oxygen atoms in total. The smallest absolute Gasteiger partial charge is 0.341 e. The number of anilines is 2. The third-order valence-electron chi connectivity index (χ3n) is 4.59. The van der Waals surface area contributed by atoms with Crippen LogP contribution in [0.4, 0.5) is 10.8 Å². The summed E-state index contributed by atoms with van der Waals surface area (Å²) in [6.45, 7) is 3.77. The standard InChI is InChI=1S/C24H26N4O4S/c1-4-32-24(31)22-18(17-10-6-5-7-11-17)15-33-23(22)27-21(30)14-28(3)13-20(29)26-19-12-8-9-16(2)25-19/h5-12,15H,4,13-14H2,1-3H3,(H,27,30)(H,25,26,29). The number of hydrogen-bond donors (Lipinski definition) is 2. The molecule has 2 amide bonds. The number of nitrogens with zero attached hydrogens (tertiary/aromatic N) is 2. The van der Waals surface area contributed by atoms with Gasteiger partial charge < -0.3 is 15.4 Å². The summed E-state index contributed by atoms with van der Waals surface area (Å²) >= 11 is 1.26. The van der Waals surface area contributed by atoms with Crippen LogP contribution >= 0.6 is 11.3 Å². The molecule has 1 aromatic carbocycles. The number of hydrogen-bond acceptors (Lipinski definition) is 7.